The maximum atomic E-state index is 13.4. The van der Waals surface area contributed by atoms with Gasteiger partial charge in [0, 0.05) is 37.3 Å². The van der Waals surface area contributed by atoms with Crippen LogP contribution in [0.25, 0.3) is 11.4 Å². The number of nitrogens with zero attached hydrogens (tertiary/aromatic N) is 3. The van der Waals surface area contributed by atoms with Crippen LogP contribution in [0.4, 0.5) is 4.39 Å². The van der Waals surface area contributed by atoms with Gasteiger partial charge in [-0.05, 0) is 47.5 Å². The zero-order chi connectivity index (χ0) is 25.3. The number of methoxy groups -OCH3 is 1. The molecule has 2 heterocycles. The highest BCUT2D eigenvalue weighted by Crippen LogP contribution is 2.31. The van der Waals surface area contributed by atoms with Gasteiger partial charge in [-0.2, -0.15) is 0 Å². The van der Waals surface area contributed by atoms with Gasteiger partial charge < -0.3 is 19.8 Å². The van der Waals surface area contributed by atoms with Crippen LogP contribution in [0.5, 0.6) is 11.5 Å². The van der Waals surface area contributed by atoms with Gasteiger partial charge >= 0.3 is 0 Å². The minimum atomic E-state index is -0.426. The largest absolute Gasteiger partial charge is 0.493 e. The predicted molar refractivity (Wildman–Crippen MR) is 130 cm³/mol. The first-order valence-corrected chi connectivity index (χ1v) is 11.2. The number of H-pyrrole nitrogens is 1. The number of hydrogen-bond acceptors (Lipinski definition) is 7. The SMILES string of the molecule is COc1cc(-c2nnc(CCC(=O)NCc3cccnc3)c(=O)[nH]2)ccc1OCc1cccc(F)c1. The molecule has 0 spiro atoms. The van der Waals surface area contributed by atoms with E-state index in [1.54, 1.807) is 48.8 Å². The molecule has 0 aliphatic heterocycles. The smallest absolute Gasteiger partial charge is 0.273 e. The minimum Gasteiger partial charge on any atom is -0.493 e. The van der Waals surface area contributed by atoms with Gasteiger partial charge in [0.05, 0.1) is 7.11 Å². The highest BCUT2D eigenvalue weighted by molar-refractivity contribution is 5.76. The van der Waals surface area contributed by atoms with Gasteiger partial charge in [0.2, 0.25) is 5.91 Å². The fourth-order valence-electron chi connectivity index (χ4n) is 3.40. The summed E-state index contributed by atoms with van der Waals surface area (Å²) < 4.78 is 24.6. The third-order valence-electron chi connectivity index (χ3n) is 5.29. The molecule has 0 unspecified atom stereocenters. The van der Waals surface area contributed by atoms with E-state index in [4.69, 9.17) is 9.47 Å². The Morgan fingerprint density at radius 3 is 2.67 bits per heavy atom. The summed E-state index contributed by atoms with van der Waals surface area (Å²) in [6.07, 6.45) is 3.58. The van der Waals surface area contributed by atoms with Crippen molar-refractivity contribution in [2.24, 2.45) is 0 Å². The van der Waals surface area contributed by atoms with Crippen molar-refractivity contribution in [1.29, 1.82) is 0 Å². The molecule has 4 rings (SSSR count). The molecule has 184 valence electrons. The molecule has 2 aromatic carbocycles. The molecule has 4 aromatic rings. The first-order chi connectivity index (χ1) is 17.5. The van der Waals surface area contributed by atoms with Gasteiger partial charge in [0.15, 0.2) is 17.3 Å². The van der Waals surface area contributed by atoms with Gasteiger partial charge in [0.25, 0.3) is 5.56 Å². The van der Waals surface area contributed by atoms with Gasteiger partial charge in [-0.15, -0.1) is 10.2 Å². The molecule has 0 saturated carbocycles. The van der Waals surface area contributed by atoms with E-state index in [9.17, 15) is 14.0 Å². The standard InChI is InChI=1S/C26H24FN5O4/c1-35-23-13-19(7-9-22(23)36-16-17-4-2-6-20(27)12-17)25-30-26(34)21(31-32-25)8-10-24(33)29-15-18-5-3-11-28-14-18/h2-7,9,11-14H,8,10,15-16H2,1H3,(H,29,33)(H,30,32,34). The summed E-state index contributed by atoms with van der Waals surface area (Å²) in [7, 11) is 1.49. The van der Waals surface area contributed by atoms with E-state index in [2.05, 4.69) is 25.5 Å². The normalized spacial score (nSPS) is 10.6. The van der Waals surface area contributed by atoms with Crippen LogP contribution in [0.2, 0.25) is 0 Å². The topological polar surface area (TPSA) is 119 Å². The van der Waals surface area contributed by atoms with Crippen molar-refractivity contribution in [3.63, 3.8) is 0 Å². The van der Waals surface area contributed by atoms with E-state index in [1.165, 1.54) is 19.2 Å². The quantitative estimate of drug-likeness (QED) is 0.351. The number of carbonyl (C=O) groups excluding carboxylic acids is 1. The fraction of sp³-hybridized carbons (Fsp3) is 0.192. The Morgan fingerprint density at radius 1 is 1.06 bits per heavy atom. The first-order valence-electron chi connectivity index (χ1n) is 11.2. The van der Waals surface area contributed by atoms with Crippen LogP contribution in [0, 0.1) is 5.82 Å². The van der Waals surface area contributed by atoms with Crippen molar-refractivity contribution < 1.29 is 18.7 Å². The summed E-state index contributed by atoms with van der Waals surface area (Å²) in [5.74, 6) is 0.577. The molecule has 0 atom stereocenters. The molecule has 0 radical (unpaired) electrons. The first kappa shape index (κ1) is 24.5. The highest BCUT2D eigenvalue weighted by atomic mass is 19.1. The summed E-state index contributed by atoms with van der Waals surface area (Å²) in [4.78, 5) is 31.3. The van der Waals surface area contributed by atoms with Crippen molar-refractivity contribution in [2.45, 2.75) is 26.0 Å². The molecular formula is C26H24FN5O4. The van der Waals surface area contributed by atoms with Gasteiger partial charge in [0.1, 0.15) is 18.1 Å². The van der Waals surface area contributed by atoms with E-state index in [0.29, 0.717) is 29.2 Å². The molecule has 0 saturated heterocycles. The maximum Gasteiger partial charge on any atom is 0.273 e. The molecule has 9 nitrogen and oxygen atoms in total. The number of benzene rings is 2. The number of ether oxygens (including phenoxy) is 2. The van der Waals surface area contributed by atoms with E-state index in [1.807, 2.05) is 6.07 Å². The molecule has 2 N–H and O–H groups in total. The number of aromatic amines is 1. The minimum absolute atomic E-state index is 0.0997. The molecule has 1 amide bonds. The Balaban J connectivity index is 1.37. The second-order valence-electron chi connectivity index (χ2n) is 7.87. The Hall–Kier alpha value is -4.60. The van der Waals surface area contributed by atoms with Crippen molar-refractivity contribution in [1.82, 2.24) is 25.5 Å². The number of nitrogens with one attached hydrogen (secondary N) is 2. The summed E-state index contributed by atoms with van der Waals surface area (Å²) >= 11 is 0. The van der Waals surface area contributed by atoms with Crippen LogP contribution in [-0.4, -0.2) is 33.2 Å². The number of hydrogen-bond donors (Lipinski definition) is 2. The lowest BCUT2D eigenvalue weighted by molar-refractivity contribution is -0.121. The van der Waals surface area contributed by atoms with Crippen LogP contribution in [-0.2, 0) is 24.4 Å². The molecule has 36 heavy (non-hydrogen) atoms. The van der Waals surface area contributed by atoms with Crippen molar-refractivity contribution in [3.8, 4) is 22.9 Å². The predicted octanol–water partition coefficient (Wildman–Crippen LogP) is 3.20. The van der Waals surface area contributed by atoms with Crippen molar-refractivity contribution >= 4 is 5.91 Å². The van der Waals surface area contributed by atoms with Crippen molar-refractivity contribution in [3.05, 3.63) is 100.0 Å². The molecule has 10 heteroatoms. The lowest BCUT2D eigenvalue weighted by Gasteiger charge is -2.12. The zero-order valence-electron chi connectivity index (χ0n) is 19.5. The number of carbonyl (C=O) groups is 1. The number of aryl methyl sites for hydroxylation is 1. The van der Waals surface area contributed by atoms with E-state index >= 15 is 0 Å². The summed E-state index contributed by atoms with van der Waals surface area (Å²) in [6, 6.07) is 14.8. The van der Waals surface area contributed by atoms with E-state index in [0.717, 1.165) is 5.56 Å². The molecule has 0 fully saturated rings. The Bertz CT molecular complexity index is 1390. The molecular weight excluding hydrogens is 465 g/mol. The van der Waals surface area contributed by atoms with Gasteiger partial charge in [-0.3, -0.25) is 14.6 Å². The highest BCUT2D eigenvalue weighted by Gasteiger charge is 2.13. The second-order valence-corrected chi connectivity index (χ2v) is 7.87. The Labute approximate surface area is 206 Å². The van der Waals surface area contributed by atoms with Crippen LogP contribution in [0.1, 0.15) is 23.2 Å². The van der Waals surface area contributed by atoms with Crippen LogP contribution in [0.3, 0.4) is 0 Å². The van der Waals surface area contributed by atoms with Gasteiger partial charge in [-0.25, -0.2) is 4.39 Å². The van der Waals surface area contributed by atoms with Gasteiger partial charge in [-0.1, -0.05) is 18.2 Å². The number of rotatable bonds is 10. The third-order valence-corrected chi connectivity index (χ3v) is 5.29. The average molecular weight is 490 g/mol. The zero-order valence-corrected chi connectivity index (χ0v) is 19.5. The van der Waals surface area contributed by atoms with E-state index < -0.39 is 5.56 Å². The molecule has 0 aliphatic rings. The molecule has 0 bridgehead atoms. The van der Waals surface area contributed by atoms with Crippen LogP contribution in [0.15, 0.2) is 71.8 Å². The summed E-state index contributed by atoms with van der Waals surface area (Å²) in [6.45, 7) is 0.520. The number of aromatic nitrogens is 4. The third kappa shape index (κ3) is 6.50. The number of halogens is 1. The number of pyridine rings is 1. The van der Waals surface area contributed by atoms with Crippen molar-refractivity contribution in [2.75, 3.05) is 7.11 Å². The molecule has 2 aromatic heterocycles. The number of amides is 1. The Morgan fingerprint density at radius 2 is 1.92 bits per heavy atom. The Kier molecular flexibility index (Phi) is 7.97. The lowest BCUT2D eigenvalue weighted by atomic mass is 10.2. The lowest BCUT2D eigenvalue weighted by Crippen LogP contribution is -2.25. The monoisotopic (exact) mass is 489 g/mol. The molecule has 0 aliphatic carbocycles. The summed E-state index contributed by atoms with van der Waals surface area (Å²) in [5.41, 5.74) is 1.87. The van der Waals surface area contributed by atoms with Crippen LogP contribution >= 0.6 is 0 Å². The van der Waals surface area contributed by atoms with Crippen LogP contribution < -0.4 is 20.3 Å². The average Bonchev–Trinajstić information content (AvgIpc) is 2.90. The van der Waals surface area contributed by atoms with E-state index in [-0.39, 0.29) is 42.7 Å². The maximum absolute atomic E-state index is 13.4. The second kappa shape index (κ2) is 11.7. The summed E-state index contributed by atoms with van der Waals surface area (Å²) in [5, 5.41) is 10.9. The fourth-order valence-corrected chi connectivity index (χ4v) is 3.40.